The van der Waals surface area contributed by atoms with Crippen molar-refractivity contribution in [1.82, 2.24) is 9.88 Å². The van der Waals surface area contributed by atoms with Gasteiger partial charge in [-0.2, -0.15) is 0 Å². The van der Waals surface area contributed by atoms with Gasteiger partial charge in [0.2, 0.25) is 0 Å². The number of hydrogen-bond donors (Lipinski definition) is 1. The highest BCUT2D eigenvalue weighted by Crippen LogP contribution is 2.31. The van der Waals surface area contributed by atoms with Crippen molar-refractivity contribution in [1.29, 1.82) is 0 Å². The maximum atomic E-state index is 12.7. The Kier molecular flexibility index (Phi) is 7.51. The number of aromatic nitrogens is 1. The SMILES string of the molecule is C=C(OC(C)CC)c1ccc(-c2cc(Oc3ccc(S(C)(=O)=O)cc3)cc(C(=O)N(C)C)c2)[nH]1. The van der Waals surface area contributed by atoms with Crippen molar-refractivity contribution < 1.29 is 22.7 Å². The van der Waals surface area contributed by atoms with Gasteiger partial charge < -0.3 is 19.4 Å². The molecule has 1 unspecified atom stereocenters. The maximum absolute atomic E-state index is 12.7. The molecule has 0 aliphatic rings. The first-order valence-electron chi connectivity index (χ1n) is 10.9. The second kappa shape index (κ2) is 10.2. The molecular formula is C26H30N2O5S. The topological polar surface area (TPSA) is 88.7 Å². The lowest BCUT2D eigenvalue weighted by Gasteiger charge is -2.15. The van der Waals surface area contributed by atoms with Crippen LogP contribution < -0.4 is 4.74 Å². The van der Waals surface area contributed by atoms with Crippen LogP contribution in [0.3, 0.4) is 0 Å². The van der Waals surface area contributed by atoms with Gasteiger partial charge >= 0.3 is 0 Å². The molecule has 8 heteroatoms. The minimum absolute atomic E-state index is 0.0503. The van der Waals surface area contributed by atoms with Crippen molar-refractivity contribution >= 4 is 21.5 Å². The van der Waals surface area contributed by atoms with Crippen LogP contribution in [0.2, 0.25) is 0 Å². The van der Waals surface area contributed by atoms with Crippen LogP contribution in [0.15, 0.2) is 66.1 Å². The van der Waals surface area contributed by atoms with Gasteiger partial charge in [-0.1, -0.05) is 13.5 Å². The summed E-state index contributed by atoms with van der Waals surface area (Å²) in [4.78, 5) is 17.7. The van der Waals surface area contributed by atoms with E-state index >= 15 is 0 Å². The average Bonchev–Trinajstić information content (AvgIpc) is 3.28. The van der Waals surface area contributed by atoms with Gasteiger partial charge in [0.25, 0.3) is 5.91 Å². The Bertz CT molecular complexity index is 1290. The van der Waals surface area contributed by atoms with Crippen molar-refractivity contribution in [2.45, 2.75) is 31.3 Å². The summed E-state index contributed by atoms with van der Waals surface area (Å²) in [5.74, 6) is 1.27. The third kappa shape index (κ3) is 6.08. The van der Waals surface area contributed by atoms with E-state index in [1.165, 1.54) is 17.0 Å². The molecule has 3 rings (SSSR count). The van der Waals surface area contributed by atoms with Crippen molar-refractivity contribution in [3.8, 4) is 22.8 Å². The molecule has 1 heterocycles. The molecule has 0 radical (unpaired) electrons. The highest BCUT2D eigenvalue weighted by atomic mass is 32.2. The summed E-state index contributed by atoms with van der Waals surface area (Å²) >= 11 is 0. The molecular weight excluding hydrogens is 452 g/mol. The van der Waals surface area contributed by atoms with Crippen molar-refractivity contribution in [3.05, 3.63) is 72.4 Å². The first kappa shape index (κ1) is 25.1. The number of H-pyrrole nitrogens is 1. The fourth-order valence-corrected chi connectivity index (χ4v) is 3.83. The van der Waals surface area contributed by atoms with E-state index in [2.05, 4.69) is 11.6 Å². The van der Waals surface area contributed by atoms with Crippen LogP contribution in [-0.2, 0) is 14.6 Å². The van der Waals surface area contributed by atoms with E-state index in [0.29, 0.717) is 22.8 Å². The second-order valence-corrected chi connectivity index (χ2v) is 10.4. The summed E-state index contributed by atoms with van der Waals surface area (Å²) < 4.78 is 35.2. The standard InChI is InChI=1S/C26H30N2O5S/c1-7-17(2)32-18(3)24-12-13-25(27-24)19-14-20(26(29)28(4)5)16-22(15-19)33-21-8-10-23(11-9-21)34(6,30)31/h8-17,27H,3,7H2,1-2,4-6H3. The number of rotatable bonds is 9. The molecule has 1 N–H and O–H groups in total. The van der Waals surface area contributed by atoms with Crippen LogP contribution in [0.25, 0.3) is 17.0 Å². The van der Waals surface area contributed by atoms with E-state index in [0.717, 1.165) is 29.6 Å². The average molecular weight is 483 g/mol. The van der Waals surface area contributed by atoms with E-state index in [1.54, 1.807) is 38.4 Å². The molecule has 1 atom stereocenters. The predicted octanol–water partition coefficient (Wildman–Crippen LogP) is 5.37. The highest BCUT2D eigenvalue weighted by molar-refractivity contribution is 7.90. The van der Waals surface area contributed by atoms with Gasteiger partial charge in [-0.3, -0.25) is 4.79 Å². The van der Waals surface area contributed by atoms with Crippen LogP contribution in [0.5, 0.6) is 11.5 Å². The zero-order valence-electron chi connectivity index (χ0n) is 20.1. The van der Waals surface area contributed by atoms with Crippen LogP contribution >= 0.6 is 0 Å². The zero-order chi connectivity index (χ0) is 25.0. The summed E-state index contributed by atoms with van der Waals surface area (Å²) in [5.41, 5.74) is 2.72. The molecule has 180 valence electrons. The maximum Gasteiger partial charge on any atom is 0.253 e. The molecule has 2 aromatic carbocycles. The Morgan fingerprint density at radius 3 is 2.32 bits per heavy atom. The van der Waals surface area contributed by atoms with E-state index < -0.39 is 9.84 Å². The van der Waals surface area contributed by atoms with Gasteiger partial charge in [0.05, 0.1) is 16.7 Å². The highest BCUT2D eigenvalue weighted by Gasteiger charge is 2.15. The smallest absolute Gasteiger partial charge is 0.253 e. The number of nitrogens with zero attached hydrogens (tertiary/aromatic N) is 1. The van der Waals surface area contributed by atoms with Crippen molar-refractivity contribution in [2.24, 2.45) is 0 Å². The molecule has 34 heavy (non-hydrogen) atoms. The first-order chi connectivity index (χ1) is 16.0. The number of sulfone groups is 1. The van der Waals surface area contributed by atoms with Crippen LogP contribution in [0.1, 0.15) is 36.3 Å². The number of benzene rings is 2. The minimum Gasteiger partial charge on any atom is -0.489 e. The Hall–Kier alpha value is -3.52. The molecule has 1 aromatic heterocycles. The summed E-state index contributed by atoms with van der Waals surface area (Å²) in [5, 5.41) is 0. The largest absolute Gasteiger partial charge is 0.489 e. The van der Waals surface area contributed by atoms with Gasteiger partial charge in [0.15, 0.2) is 9.84 Å². The van der Waals surface area contributed by atoms with Crippen molar-refractivity contribution in [2.75, 3.05) is 20.4 Å². The second-order valence-electron chi connectivity index (χ2n) is 8.34. The number of hydrogen-bond acceptors (Lipinski definition) is 5. The number of carbonyl (C=O) groups is 1. The lowest BCUT2D eigenvalue weighted by Crippen LogP contribution is -2.21. The molecule has 0 aliphatic carbocycles. The third-order valence-corrected chi connectivity index (χ3v) is 6.39. The number of aromatic amines is 1. The predicted molar refractivity (Wildman–Crippen MR) is 134 cm³/mol. The Balaban J connectivity index is 1.95. The first-order valence-corrected chi connectivity index (χ1v) is 12.8. The summed E-state index contributed by atoms with van der Waals surface area (Å²) in [6.07, 6.45) is 2.07. The number of ether oxygens (including phenoxy) is 2. The Labute approximate surface area is 200 Å². The van der Waals surface area contributed by atoms with Gasteiger partial charge in [-0.15, -0.1) is 0 Å². The lowest BCUT2D eigenvalue weighted by atomic mass is 10.1. The molecule has 0 saturated heterocycles. The van der Waals surface area contributed by atoms with Gasteiger partial charge in [0.1, 0.15) is 17.3 Å². The molecule has 0 bridgehead atoms. The van der Waals surface area contributed by atoms with Gasteiger partial charge in [0, 0.05) is 37.2 Å². The molecule has 0 spiro atoms. The molecule has 0 aliphatic heterocycles. The number of carbonyl (C=O) groups excluding carboxylic acids is 1. The lowest BCUT2D eigenvalue weighted by molar-refractivity contribution is 0.0827. The normalized spacial score (nSPS) is 12.1. The summed E-state index contributed by atoms with van der Waals surface area (Å²) in [6, 6.07) is 15.2. The zero-order valence-corrected chi connectivity index (χ0v) is 20.9. The van der Waals surface area contributed by atoms with Gasteiger partial charge in [-0.25, -0.2) is 8.42 Å². The summed E-state index contributed by atoms with van der Waals surface area (Å²) in [7, 11) is 0.0617. The van der Waals surface area contributed by atoms with E-state index in [4.69, 9.17) is 9.47 Å². The van der Waals surface area contributed by atoms with E-state index in [9.17, 15) is 13.2 Å². The van der Waals surface area contributed by atoms with Gasteiger partial charge in [-0.05, 0) is 67.9 Å². The van der Waals surface area contributed by atoms with Crippen LogP contribution in [-0.4, -0.2) is 50.7 Å². The molecule has 7 nitrogen and oxygen atoms in total. The minimum atomic E-state index is -3.30. The summed E-state index contributed by atoms with van der Waals surface area (Å²) in [6.45, 7) is 8.03. The molecule has 3 aromatic rings. The Morgan fingerprint density at radius 1 is 1.06 bits per heavy atom. The number of nitrogens with one attached hydrogen (secondary N) is 1. The van der Waals surface area contributed by atoms with Crippen LogP contribution in [0.4, 0.5) is 0 Å². The van der Waals surface area contributed by atoms with E-state index in [1.807, 2.05) is 32.0 Å². The number of amides is 1. The van der Waals surface area contributed by atoms with Crippen molar-refractivity contribution in [3.63, 3.8) is 0 Å². The third-order valence-electron chi connectivity index (χ3n) is 5.26. The molecule has 0 saturated carbocycles. The Morgan fingerprint density at radius 2 is 1.74 bits per heavy atom. The fraction of sp³-hybridized carbons (Fsp3) is 0.269. The van der Waals surface area contributed by atoms with Crippen LogP contribution in [0, 0.1) is 0 Å². The molecule has 1 amide bonds. The monoisotopic (exact) mass is 482 g/mol. The molecule has 0 fully saturated rings. The quantitative estimate of drug-likeness (QED) is 0.415. The van der Waals surface area contributed by atoms with E-state index in [-0.39, 0.29) is 16.9 Å². The fourth-order valence-electron chi connectivity index (χ4n) is 3.20.